The van der Waals surface area contributed by atoms with Crippen molar-refractivity contribution in [1.82, 2.24) is 24.4 Å². The molecule has 0 bridgehead atoms. The summed E-state index contributed by atoms with van der Waals surface area (Å²) in [6.45, 7) is 8.58. The molecule has 10 heteroatoms. The maximum Gasteiger partial charge on any atom is 0.410 e. The Kier molecular flexibility index (Phi) is 7.28. The second kappa shape index (κ2) is 10.8. The first-order valence-corrected chi connectivity index (χ1v) is 13.1. The van der Waals surface area contributed by atoms with Crippen molar-refractivity contribution in [2.75, 3.05) is 18.5 Å². The zero-order valence-corrected chi connectivity index (χ0v) is 23.0. The van der Waals surface area contributed by atoms with Crippen molar-refractivity contribution in [2.45, 2.75) is 52.2 Å². The fourth-order valence-electron chi connectivity index (χ4n) is 4.56. The van der Waals surface area contributed by atoms with Crippen LogP contribution in [-0.2, 0) is 11.8 Å². The SMILES string of the molecule is Cc1cc(Nc2ncncc2OCC2CCCN2C(=O)OC(C)(C)C)ccc1Oc1ccc2c(c1)ncn2C. The smallest absolute Gasteiger partial charge is 0.410 e. The van der Waals surface area contributed by atoms with Crippen molar-refractivity contribution in [3.63, 3.8) is 0 Å². The molecule has 4 aromatic rings. The van der Waals surface area contributed by atoms with Crippen LogP contribution in [0.3, 0.4) is 0 Å². The molecular formula is C29H34N6O4. The van der Waals surface area contributed by atoms with E-state index in [0.717, 1.165) is 46.6 Å². The first-order chi connectivity index (χ1) is 18.7. The van der Waals surface area contributed by atoms with E-state index in [0.29, 0.717) is 24.7 Å². The Hall–Kier alpha value is -4.34. The molecule has 10 nitrogen and oxygen atoms in total. The molecule has 1 aliphatic rings. The summed E-state index contributed by atoms with van der Waals surface area (Å²) in [5.74, 6) is 2.53. The molecule has 2 aromatic heterocycles. The predicted molar refractivity (Wildman–Crippen MR) is 149 cm³/mol. The molecule has 1 unspecified atom stereocenters. The monoisotopic (exact) mass is 530 g/mol. The number of aromatic nitrogens is 4. The Bertz CT molecular complexity index is 1480. The third-order valence-corrected chi connectivity index (χ3v) is 6.48. The summed E-state index contributed by atoms with van der Waals surface area (Å²) >= 11 is 0. The van der Waals surface area contributed by atoms with Crippen molar-refractivity contribution in [3.05, 3.63) is 60.8 Å². The number of fused-ring (bicyclic) bond motifs is 1. The molecule has 1 fully saturated rings. The Morgan fingerprint density at radius 2 is 1.97 bits per heavy atom. The average molecular weight is 531 g/mol. The van der Waals surface area contributed by atoms with Crippen LogP contribution in [0.4, 0.5) is 16.3 Å². The minimum absolute atomic E-state index is 0.0723. The minimum Gasteiger partial charge on any atom is -0.486 e. The van der Waals surface area contributed by atoms with Gasteiger partial charge in [0.15, 0.2) is 11.6 Å². The number of likely N-dealkylation sites (tertiary alicyclic amines) is 1. The highest BCUT2D eigenvalue weighted by Crippen LogP contribution is 2.32. The molecule has 1 aliphatic heterocycles. The van der Waals surface area contributed by atoms with Crippen molar-refractivity contribution in [1.29, 1.82) is 0 Å². The first-order valence-electron chi connectivity index (χ1n) is 13.1. The van der Waals surface area contributed by atoms with Crippen LogP contribution in [0.25, 0.3) is 11.0 Å². The summed E-state index contributed by atoms with van der Waals surface area (Å²) in [4.78, 5) is 27.3. The summed E-state index contributed by atoms with van der Waals surface area (Å²) in [5, 5.41) is 3.32. The van der Waals surface area contributed by atoms with Crippen molar-refractivity contribution in [2.24, 2.45) is 7.05 Å². The van der Waals surface area contributed by atoms with Crippen molar-refractivity contribution in [3.8, 4) is 17.2 Å². The number of anilines is 2. The molecule has 0 aliphatic carbocycles. The van der Waals surface area contributed by atoms with Crippen LogP contribution >= 0.6 is 0 Å². The lowest BCUT2D eigenvalue weighted by Crippen LogP contribution is -2.42. The van der Waals surface area contributed by atoms with Gasteiger partial charge >= 0.3 is 6.09 Å². The van der Waals surface area contributed by atoms with Gasteiger partial charge in [0.1, 0.15) is 30.0 Å². The van der Waals surface area contributed by atoms with Crippen LogP contribution in [0.2, 0.25) is 0 Å². The summed E-state index contributed by atoms with van der Waals surface area (Å²) in [7, 11) is 1.97. The molecular weight excluding hydrogens is 496 g/mol. The molecule has 204 valence electrons. The van der Waals surface area contributed by atoms with E-state index in [-0.39, 0.29) is 12.1 Å². The highest BCUT2D eigenvalue weighted by molar-refractivity contribution is 5.77. The number of rotatable bonds is 7. The van der Waals surface area contributed by atoms with Crippen LogP contribution in [-0.4, -0.2) is 55.3 Å². The molecule has 3 heterocycles. The van der Waals surface area contributed by atoms with Gasteiger partial charge in [-0.15, -0.1) is 0 Å². The van der Waals surface area contributed by atoms with Gasteiger partial charge < -0.3 is 29.0 Å². The minimum atomic E-state index is -0.541. The zero-order chi connectivity index (χ0) is 27.6. The Labute approximate surface area is 227 Å². The van der Waals surface area contributed by atoms with Gasteiger partial charge in [-0.3, -0.25) is 0 Å². The highest BCUT2D eigenvalue weighted by atomic mass is 16.6. The largest absolute Gasteiger partial charge is 0.486 e. The number of nitrogens with one attached hydrogen (secondary N) is 1. The van der Waals surface area contributed by atoms with Crippen LogP contribution in [0, 0.1) is 6.92 Å². The van der Waals surface area contributed by atoms with E-state index in [1.165, 1.54) is 6.33 Å². The number of benzene rings is 2. The summed E-state index contributed by atoms with van der Waals surface area (Å²) in [6.07, 6.45) is 6.33. The number of carbonyl (C=O) groups is 1. The van der Waals surface area contributed by atoms with E-state index >= 15 is 0 Å². The number of nitrogens with zero attached hydrogens (tertiary/aromatic N) is 5. The number of ether oxygens (including phenoxy) is 3. The van der Waals surface area contributed by atoms with Gasteiger partial charge in [0.05, 0.1) is 29.6 Å². The summed E-state index contributed by atoms with van der Waals surface area (Å²) in [5.41, 5.74) is 3.18. The normalized spacial score (nSPS) is 15.4. The van der Waals surface area contributed by atoms with E-state index in [2.05, 4.69) is 20.3 Å². The van der Waals surface area contributed by atoms with Gasteiger partial charge in [0, 0.05) is 25.3 Å². The topological polar surface area (TPSA) is 104 Å². The van der Waals surface area contributed by atoms with Gasteiger partial charge in [-0.05, 0) is 76.4 Å². The fraction of sp³-hybridized carbons (Fsp3) is 0.379. The quantitative estimate of drug-likeness (QED) is 0.311. The number of aryl methyl sites for hydroxylation is 2. The van der Waals surface area contributed by atoms with Crippen LogP contribution in [0.15, 0.2) is 55.2 Å². The summed E-state index contributed by atoms with van der Waals surface area (Å²) < 4.78 is 19.8. The lowest BCUT2D eigenvalue weighted by Gasteiger charge is -2.28. The molecule has 1 saturated heterocycles. The maximum atomic E-state index is 12.6. The lowest BCUT2D eigenvalue weighted by molar-refractivity contribution is 0.0187. The molecule has 39 heavy (non-hydrogen) atoms. The van der Waals surface area contributed by atoms with Gasteiger partial charge in [-0.25, -0.2) is 19.7 Å². The molecule has 0 spiro atoms. The Balaban J connectivity index is 1.24. The van der Waals surface area contributed by atoms with Crippen LogP contribution in [0.1, 0.15) is 39.2 Å². The third kappa shape index (κ3) is 6.22. The van der Waals surface area contributed by atoms with Crippen molar-refractivity contribution < 1.29 is 19.0 Å². The van der Waals surface area contributed by atoms with Gasteiger partial charge in [0.2, 0.25) is 0 Å². The van der Waals surface area contributed by atoms with E-state index in [4.69, 9.17) is 14.2 Å². The van der Waals surface area contributed by atoms with Gasteiger partial charge in [-0.1, -0.05) is 0 Å². The maximum absolute atomic E-state index is 12.6. The second-order valence-electron chi connectivity index (χ2n) is 10.7. The fourth-order valence-corrected chi connectivity index (χ4v) is 4.56. The predicted octanol–water partition coefficient (Wildman–Crippen LogP) is 5.99. The summed E-state index contributed by atoms with van der Waals surface area (Å²) in [6, 6.07) is 11.6. The van der Waals surface area contributed by atoms with Gasteiger partial charge in [-0.2, -0.15) is 0 Å². The second-order valence-corrected chi connectivity index (χ2v) is 10.7. The van der Waals surface area contributed by atoms with E-state index in [9.17, 15) is 4.79 Å². The molecule has 5 rings (SSSR count). The first kappa shape index (κ1) is 26.3. The highest BCUT2D eigenvalue weighted by Gasteiger charge is 2.32. The zero-order valence-electron chi connectivity index (χ0n) is 23.0. The number of carbonyl (C=O) groups excluding carboxylic acids is 1. The molecule has 2 aromatic carbocycles. The Morgan fingerprint density at radius 3 is 2.77 bits per heavy atom. The van der Waals surface area contributed by atoms with Crippen LogP contribution in [0.5, 0.6) is 17.2 Å². The van der Waals surface area contributed by atoms with E-state index in [1.807, 2.05) is 75.7 Å². The van der Waals surface area contributed by atoms with E-state index in [1.54, 1.807) is 17.4 Å². The molecule has 0 radical (unpaired) electrons. The number of hydrogen-bond acceptors (Lipinski definition) is 8. The third-order valence-electron chi connectivity index (χ3n) is 6.48. The molecule has 1 atom stereocenters. The van der Waals surface area contributed by atoms with Gasteiger partial charge in [0.25, 0.3) is 0 Å². The molecule has 1 N–H and O–H groups in total. The van der Waals surface area contributed by atoms with Crippen LogP contribution < -0.4 is 14.8 Å². The molecule has 0 saturated carbocycles. The number of hydrogen-bond donors (Lipinski definition) is 1. The molecule has 1 amide bonds. The standard InChI is InChI=1S/C29H34N6O4/c1-19-13-20(8-11-25(19)38-22-9-10-24-23(14-22)32-18-34(24)5)33-27-26(15-30-17-31-27)37-16-21-7-6-12-35(21)28(36)39-29(2,3)4/h8-11,13-15,17-18,21H,6-7,12,16H2,1-5H3,(H,30,31,33). The van der Waals surface area contributed by atoms with E-state index < -0.39 is 5.60 Å². The number of imidazole rings is 1. The average Bonchev–Trinajstić information content (AvgIpc) is 3.51. The van der Waals surface area contributed by atoms with Crippen molar-refractivity contribution >= 4 is 28.6 Å². The Morgan fingerprint density at radius 1 is 1.13 bits per heavy atom. The number of amides is 1. The lowest BCUT2D eigenvalue weighted by atomic mass is 10.2.